The van der Waals surface area contributed by atoms with Gasteiger partial charge in [0.15, 0.2) is 6.61 Å². The van der Waals surface area contributed by atoms with Crippen LogP contribution in [-0.4, -0.2) is 36.0 Å². The largest absolute Gasteiger partial charge is 0.484 e. The minimum absolute atomic E-state index is 0.119. The maximum atomic E-state index is 13.0. The molecule has 170 valence electrons. The number of carbonyl (C=O) groups is 3. The van der Waals surface area contributed by atoms with Crippen LogP contribution in [0.4, 0.5) is 11.4 Å². The monoisotopic (exact) mass is 446 g/mol. The molecule has 0 unspecified atom stereocenters. The van der Waals surface area contributed by atoms with E-state index in [9.17, 15) is 14.4 Å². The Morgan fingerprint density at radius 3 is 2.15 bits per heavy atom. The Morgan fingerprint density at radius 1 is 0.879 bits per heavy atom. The van der Waals surface area contributed by atoms with Crippen LogP contribution in [0.15, 0.2) is 66.7 Å². The normalized spacial score (nSPS) is 10.4. The van der Waals surface area contributed by atoms with Gasteiger partial charge in [-0.25, -0.2) is 4.79 Å². The van der Waals surface area contributed by atoms with Crippen molar-refractivity contribution in [3.8, 4) is 5.75 Å². The minimum Gasteiger partial charge on any atom is -0.484 e. The molecule has 2 N–H and O–H groups in total. The third kappa shape index (κ3) is 6.43. The molecular formula is C26H26N2O5. The van der Waals surface area contributed by atoms with Crippen LogP contribution in [0.25, 0.3) is 0 Å². The SMILES string of the molecule is Cc1ccc(OCC(=O)N(CC(=O)Nc2ccc(C(=O)O)cc2)c2ccc(C)c(C)c2)cc1. The number of benzene rings is 3. The Balaban J connectivity index is 1.74. The molecule has 3 rings (SSSR count). The van der Waals surface area contributed by atoms with Gasteiger partial charge in [-0.15, -0.1) is 0 Å². The second-order valence-electron chi connectivity index (χ2n) is 7.78. The summed E-state index contributed by atoms with van der Waals surface area (Å²) in [4.78, 5) is 38.1. The highest BCUT2D eigenvalue weighted by Crippen LogP contribution is 2.20. The topological polar surface area (TPSA) is 95.9 Å². The van der Waals surface area contributed by atoms with E-state index in [0.717, 1.165) is 16.7 Å². The van der Waals surface area contributed by atoms with Gasteiger partial charge in [-0.05, 0) is 80.4 Å². The molecule has 3 aromatic rings. The highest BCUT2D eigenvalue weighted by molar-refractivity contribution is 6.03. The maximum Gasteiger partial charge on any atom is 0.335 e. The van der Waals surface area contributed by atoms with Crippen LogP contribution in [-0.2, 0) is 9.59 Å². The summed E-state index contributed by atoms with van der Waals surface area (Å²) < 4.78 is 5.64. The van der Waals surface area contributed by atoms with Crippen molar-refractivity contribution in [3.63, 3.8) is 0 Å². The first-order valence-electron chi connectivity index (χ1n) is 10.4. The fraction of sp³-hybridized carbons (Fsp3) is 0.192. The van der Waals surface area contributed by atoms with Crippen LogP contribution in [0, 0.1) is 20.8 Å². The number of nitrogens with one attached hydrogen (secondary N) is 1. The number of aryl methyl sites for hydroxylation is 3. The van der Waals surface area contributed by atoms with E-state index in [1.807, 2.05) is 45.0 Å². The first-order valence-corrected chi connectivity index (χ1v) is 10.4. The molecule has 0 fully saturated rings. The number of nitrogens with zero attached hydrogens (tertiary/aromatic N) is 1. The zero-order valence-corrected chi connectivity index (χ0v) is 18.8. The molecule has 0 spiro atoms. The quantitative estimate of drug-likeness (QED) is 0.536. The van der Waals surface area contributed by atoms with Crippen molar-refractivity contribution in [2.45, 2.75) is 20.8 Å². The number of amides is 2. The molecule has 0 aliphatic carbocycles. The summed E-state index contributed by atoms with van der Waals surface area (Å²) in [5, 5.41) is 11.7. The zero-order valence-electron chi connectivity index (χ0n) is 18.8. The predicted octanol–water partition coefficient (Wildman–Crippen LogP) is 4.36. The summed E-state index contributed by atoms with van der Waals surface area (Å²) >= 11 is 0. The second kappa shape index (κ2) is 10.5. The third-order valence-corrected chi connectivity index (χ3v) is 5.20. The molecule has 2 amide bonds. The number of ether oxygens (including phenoxy) is 1. The second-order valence-corrected chi connectivity index (χ2v) is 7.78. The lowest BCUT2D eigenvalue weighted by molar-refractivity contribution is -0.123. The van der Waals surface area contributed by atoms with E-state index in [2.05, 4.69) is 5.32 Å². The molecule has 3 aromatic carbocycles. The van der Waals surface area contributed by atoms with Crippen LogP contribution in [0.3, 0.4) is 0 Å². The number of anilines is 2. The van der Waals surface area contributed by atoms with Crippen LogP contribution in [0.5, 0.6) is 5.75 Å². The number of aromatic carboxylic acids is 1. The predicted molar refractivity (Wildman–Crippen MR) is 127 cm³/mol. The van der Waals surface area contributed by atoms with Gasteiger partial charge in [0, 0.05) is 11.4 Å². The Labute approximate surface area is 192 Å². The standard InChI is InChI=1S/C26H26N2O5/c1-17-4-12-23(13-5-17)33-16-25(30)28(22-11-6-18(2)19(3)14-22)15-24(29)27-21-9-7-20(8-10-21)26(31)32/h4-14H,15-16H2,1-3H3,(H,27,29)(H,31,32). The van der Waals surface area contributed by atoms with Crippen LogP contribution >= 0.6 is 0 Å². The van der Waals surface area contributed by atoms with E-state index in [-0.39, 0.29) is 24.6 Å². The average molecular weight is 447 g/mol. The first-order chi connectivity index (χ1) is 15.7. The average Bonchev–Trinajstić information content (AvgIpc) is 2.79. The van der Waals surface area contributed by atoms with Gasteiger partial charge in [0.25, 0.3) is 5.91 Å². The lowest BCUT2D eigenvalue weighted by Crippen LogP contribution is -2.40. The number of rotatable bonds is 8. The first kappa shape index (κ1) is 23.5. The highest BCUT2D eigenvalue weighted by atomic mass is 16.5. The highest BCUT2D eigenvalue weighted by Gasteiger charge is 2.21. The van der Waals surface area contributed by atoms with Crippen molar-refractivity contribution in [2.24, 2.45) is 0 Å². The van der Waals surface area contributed by atoms with E-state index >= 15 is 0 Å². The van der Waals surface area contributed by atoms with Gasteiger partial charge in [-0.2, -0.15) is 0 Å². The number of carboxylic acid groups (broad SMARTS) is 1. The maximum absolute atomic E-state index is 13.0. The number of hydrogen-bond donors (Lipinski definition) is 2. The molecular weight excluding hydrogens is 420 g/mol. The molecule has 0 radical (unpaired) electrons. The van der Waals surface area contributed by atoms with Gasteiger partial charge in [0.05, 0.1) is 5.56 Å². The lowest BCUT2D eigenvalue weighted by atomic mass is 10.1. The molecule has 33 heavy (non-hydrogen) atoms. The molecule has 0 saturated heterocycles. The number of carbonyl (C=O) groups excluding carboxylic acids is 2. The summed E-state index contributed by atoms with van der Waals surface area (Å²) in [6.45, 7) is 5.42. The van der Waals surface area contributed by atoms with E-state index in [1.54, 1.807) is 18.2 Å². The Morgan fingerprint density at radius 2 is 1.55 bits per heavy atom. The van der Waals surface area contributed by atoms with E-state index in [4.69, 9.17) is 9.84 Å². The number of hydrogen-bond acceptors (Lipinski definition) is 4. The van der Waals surface area contributed by atoms with Gasteiger partial charge >= 0.3 is 5.97 Å². The fourth-order valence-corrected chi connectivity index (χ4v) is 3.11. The van der Waals surface area contributed by atoms with Gasteiger partial charge in [-0.3, -0.25) is 9.59 Å². The summed E-state index contributed by atoms with van der Waals surface area (Å²) in [6, 6.07) is 18.7. The van der Waals surface area contributed by atoms with Crippen molar-refractivity contribution in [1.82, 2.24) is 0 Å². The van der Waals surface area contributed by atoms with E-state index < -0.39 is 11.9 Å². The molecule has 0 bridgehead atoms. The summed E-state index contributed by atoms with van der Waals surface area (Å²) in [5.41, 5.74) is 4.30. The lowest BCUT2D eigenvalue weighted by Gasteiger charge is -2.23. The van der Waals surface area contributed by atoms with Crippen molar-refractivity contribution >= 4 is 29.2 Å². The van der Waals surface area contributed by atoms with Crippen molar-refractivity contribution in [3.05, 3.63) is 89.0 Å². The van der Waals surface area contributed by atoms with Crippen LogP contribution in [0.1, 0.15) is 27.0 Å². The summed E-state index contributed by atoms with van der Waals surface area (Å²) in [6.07, 6.45) is 0. The molecule has 0 aliphatic rings. The minimum atomic E-state index is -1.05. The van der Waals surface area contributed by atoms with Gasteiger partial charge in [0.1, 0.15) is 12.3 Å². The van der Waals surface area contributed by atoms with Crippen molar-refractivity contribution in [2.75, 3.05) is 23.4 Å². The summed E-state index contributed by atoms with van der Waals surface area (Å²) in [7, 11) is 0. The molecule has 0 aromatic heterocycles. The molecule has 0 aliphatic heterocycles. The molecule has 0 atom stereocenters. The van der Waals surface area contributed by atoms with Gasteiger partial charge in [0.2, 0.25) is 5.91 Å². The smallest absolute Gasteiger partial charge is 0.335 e. The summed E-state index contributed by atoms with van der Waals surface area (Å²) in [5.74, 6) is -1.26. The third-order valence-electron chi connectivity index (χ3n) is 5.20. The molecule has 7 nitrogen and oxygen atoms in total. The molecule has 7 heteroatoms. The molecule has 0 saturated carbocycles. The van der Waals surface area contributed by atoms with Crippen molar-refractivity contribution in [1.29, 1.82) is 0 Å². The Bertz CT molecular complexity index is 1150. The zero-order chi connectivity index (χ0) is 24.0. The molecule has 0 heterocycles. The number of carboxylic acids is 1. The van der Waals surface area contributed by atoms with Crippen molar-refractivity contribution < 1.29 is 24.2 Å². The Kier molecular flexibility index (Phi) is 7.46. The van der Waals surface area contributed by atoms with E-state index in [1.165, 1.54) is 29.2 Å². The fourth-order valence-electron chi connectivity index (χ4n) is 3.11. The van der Waals surface area contributed by atoms with Gasteiger partial charge in [-0.1, -0.05) is 23.8 Å². The van der Waals surface area contributed by atoms with Crippen LogP contribution < -0.4 is 15.0 Å². The Hall–Kier alpha value is -4.13. The van der Waals surface area contributed by atoms with Crippen LogP contribution in [0.2, 0.25) is 0 Å². The van der Waals surface area contributed by atoms with E-state index in [0.29, 0.717) is 17.1 Å². The van der Waals surface area contributed by atoms with Gasteiger partial charge < -0.3 is 20.1 Å².